The molecule has 0 amide bonds. The van der Waals surface area contributed by atoms with Gasteiger partial charge in [-0.3, -0.25) is 0 Å². The third-order valence-corrected chi connectivity index (χ3v) is 2.09. The first-order valence-corrected chi connectivity index (χ1v) is 4.61. The average molecular weight is 209 g/mol. The Kier molecular flexibility index (Phi) is 2.70. The second kappa shape index (κ2) is 4.15. The van der Waals surface area contributed by atoms with Crippen molar-refractivity contribution in [2.75, 3.05) is 5.32 Å². The topological polar surface area (TPSA) is 38.1 Å². The van der Waals surface area contributed by atoms with Crippen molar-refractivity contribution >= 4 is 17.3 Å². The zero-order valence-corrected chi connectivity index (χ0v) is 8.16. The molecule has 0 aliphatic heterocycles. The molecule has 1 N–H and O–H groups in total. The predicted molar refractivity (Wildman–Crippen MR) is 55.3 cm³/mol. The zero-order chi connectivity index (χ0) is 9.80. The molecule has 2 heterocycles. The monoisotopic (exact) mass is 208 g/mol. The Labute approximate surface area is 86.7 Å². The van der Waals surface area contributed by atoms with Crippen LogP contribution in [0.4, 0.5) is 5.69 Å². The quantitative estimate of drug-likeness (QED) is 0.789. The summed E-state index contributed by atoms with van der Waals surface area (Å²) in [6.45, 7) is 0.610. The largest absolute Gasteiger partial charge is 0.467 e. The highest BCUT2D eigenvalue weighted by Crippen LogP contribution is 2.18. The zero-order valence-electron chi connectivity index (χ0n) is 7.40. The van der Waals surface area contributed by atoms with Crippen molar-refractivity contribution in [3.63, 3.8) is 0 Å². The maximum atomic E-state index is 5.86. The van der Waals surface area contributed by atoms with Gasteiger partial charge in [0.1, 0.15) is 5.76 Å². The lowest BCUT2D eigenvalue weighted by atomic mass is 10.4. The van der Waals surface area contributed by atoms with Crippen molar-refractivity contribution in [3.8, 4) is 0 Å². The molecule has 0 aromatic carbocycles. The Bertz CT molecular complexity index is 400. The van der Waals surface area contributed by atoms with E-state index < -0.39 is 0 Å². The van der Waals surface area contributed by atoms with Crippen LogP contribution in [0.15, 0.2) is 41.1 Å². The molecule has 3 nitrogen and oxygen atoms in total. The van der Waals surface area contributed by atoms with Crippen LogP contribution in [0.2, 0.25) is 5.15 Å². The number of pyridine rings is 1. The summed E-state index contributed by atoms with van der Waals surface area (Å²) < 4.78 is 5.17. The van der Waals surface area contributed by atoms with Crippen molar-refractivity contribution < 1.29 is 4.42 Å². The van der Waals surface area contributed by atoms with Crippen LogP contribution in [0.5, 0.6) is 0 Å². The van der Waals surface area contributed by atoms with Gasteiger partial charge in [-0.05, 0) is 24.3 Å². The van der Waals surface area contributed by atoms with E-state index in [9.17, 15) is 0 Å². The molecule has 0 unspecified atom stereocenters. The third kappa shape index (κ3) is 2.06. The van der Waals surface area contributed by atoms with Crippen molar-refractivity contribution in [2.45, 2.75) is 6.54 Å². The highest BCUT2D eigenvalue weighted by Gasteiger charge is 2.00. The second-order valence-corrected chi connectivity index (χ2v) is 3.13. The molecule has 2 aromatic heterocycles. The lowest BCUT2D eigenvalue weighted by Gasteiger charge is -2.04. The molecular weight excluding hydrogens is 200 g/mol. The fraction of sp³-hybridized carbons (Fsp3) is 0.100. The standard InChI is InChI=1S/C10H9ClN2O/c11-10-9(4-1-5-12-10)13-7-8-3-2-6-14-8/h1-6,13H,7H2. The van der Waals surface area contributed by atoms with Crippen LogP contribution in [0.3, 0.4) is 0 Å². The first-order valence-electron chi connectivity index (χ1n) is 4.23. The summed E-state index contributed by atoms with van der Waals surface area (Å²) in [6, 6.07) is 7.45. The van der Waals surface area contributed by atoms with Gasteiger partial charge in [0.15, 0.2) is 5.15 Å². The molecule has 72 valence electrons. The van der Waals surface area contributed by atoms with Gasteiger partial charge in [-0.2, -0.15) is 0 Å². The summed E-state index contributed by atoms with van der Waals surface area (Å²) in [5, 5.41) is 3.60. The fourth-order valence-electron chi connectivity index (χ4n) is 1.11. The molecule has 0 radical (unpaired) electrons. The lowest BCUT2D eigenvalue weighted by molar-refractivity contribution is 0.518. The molecule has 4 heteroatoms. The molecule has 0 fully saturated rings. The van der Waals surface area contributed by atoms with E-state index in [1.54, 1.807) is 12.5 Å². The van der Waals surface area contributed by atoms with Gasteiger partial charge in [0.05, 0.1) is 18.5 Å². The Balaban J connectivity index is 2.02. The van der Waals surface area contributed by atoms with Crippen LogP contribution < -0.4 is 5.32 Å². The summed E-state index contributed by atoms with van der Waals surface area (Å²) in [4.78, 5) is 3.95. The SMILES string of the molecule is Clc1ncccc1NCc1ccco1. The van der Waals surface area contributed by atoms with Crippen molar-refractivity contribution in [1.29, 1.82) is 0 Å². The average Bonchev–Trinajstić information content (AvgIpc) is 2.69. The van der Waals surface area contributed by atoms with Gasteiger partial charge in [0.2, 0.25) is 0 Å². The van der Waals surface area contributed by atoms with Crippen LogP contribution in [-0.2, 0) is 6.54 Å². The number of halogens is 1. The molecule has 0 bridgehead atoms. The summed E-state index contributed by atoms with van der Waals surface area (Å²) >= 11 is 5.86. The van der Waals surface area contributed by atoms with Crippen LogP contribution in [0, 0.1) is 0 Å². The summed E-state index contributed by atoms with van der Waals surface area (Å²) in [7, 11) is 0. The fourth-order valence-corrected chi connectivity index (χ4v) is 1.30. The van der Waals surface area contributed by atoms with Gasteiger partial charge in [-0.25, -0.2) is 4.98 Å². The molecule has 14 heavy (non-hydrogen) atoms. The van der Waals surface area contributed by atoms with E-state index in [0.717, 1.165) is 11.4 Å². The molecule has 0 aliphatic carbocycles. The van der Waals surface area contributed by atoms with Crippen LogP contribution in [-0.4, -0.2) is 4.98 Å². The Morgan fingerprint density at radius 1 is 1.36 bits per heavy atom. The minimum Gasteiger partial charge on any atom is -0.467 e. The van der Waals surface area contributed by atoms with Gasteiger partial charge < -0.3 is 9.73 Å². The molecule has 2 rings (SSSR count). The van der Waals surface area contributed by atoms with Gasteiger partial charge in [0.25, 0.3) is 0 Å². The molecule has 0 saturated carbocycles. The number of hydrogen-bond acceptors (Lipinski definition) is 3. The number of nitrogens with zero attached hydrogens (tertiary/aromatic N) is 1. The third-order valence-electron chi connectivity index (χ3n) is 1.79. The minimum absolute atomic E-state index is 0.471. The van der Waals surface area contributed by atoms with E-state index in [4.69, 9.17) is 16.0 Å². The van der Waals surface area contributed by atoms with Gasteiger partial charge >= 0.3 is 0 Å². The van der Waals surface area contributed by atoms with Crippen LogP contribution in [0.1, 0.15) is 5.76 Å². The number of hydrogen-bond donors (Lipinski definition) is 1. The molecule has 0 spiro atoms. The Hall–Kier alpha value is -1.48. The second-order valence-electron chi connectivity index (χ2n) is 2.77. The van der Waals surface area contributed by atoms with E-state index >= 15 is 0 Å². The van der Waals surface area contributed by atoms with E-state index in [0.29, 0.717) is 11.7 Å². The molecule has 0 aliphatic rings. The number of nitrogens with one attached hydrogen (secondary N) is 1. The maximum Gasteiger partial charge on any atom is 0.152 e. The molecule has 2 aromatic rings. The van der Waals surface area contributed by atoms with Crippen molar-refractivity contribution in [2.24, 2.45) is 0 Å². The van der Waals surface area contributed by atoms with Gasteiger partial charge in [-0.1, -0.05) is 11.6 Å². The highest BCUT2D eigenvalue weighted by atomic mass is 35.5. The number of furan rings is 1. The summed E-state index contributed by atoms with van der Waals surface area (Å²) in [5.74, 6) is 0.866. The van der Waals surface area contributed by atoms with Crippen molar-refractivity contribution in [3.05, 3.63) is 47.6 Å². The Morgan fingerprint density at radius 2 is 2.29 bits per heavy atom. The summed E-state index contributed by atoms with van der Waals surface area (Å²) in [6.07, 6.45) is 3.29. The van der Waals surface area contributed by atoms with E-state index in [1.165, 1.54) is 0 Å². The number of anilines is 1. The van der Waals surface area contributed by atoms with E-state index in [1.807, 2.05) is 24.3 Å². The first kappa shape index (κ1) is 9.09. The van der Waals surface area contributed by atoms with E-state index in [-0.39, 0.29) is 0 Å². The smallest absolute Gasteiger partial charge is 0.152 e. The van der Waals surface area contributed by atoms with Gasteiger partial charge in [0, 0.05) is 6.20 Å². The highest BCUT2D eigenvalue weighted by molar-refractivity contribution is 6.31. The Morgan fingerprint density at radius 3 is 3.00 bits per heavy atom. The molecule has 0 atom stereocenters. The van der Waals surface area contributed by atoms with E-state index in [2.05, 4.69) is 10.3 Å². The van der Waals surface area contributed by atoms with Crippen molar-refractivity contribution in [1.82, 2.24) is 4.98 Å². The number of aromatic nitrogens is 1. The minimum atomic E-state index is 0.471. The summed E-state index contributed by atoms with van der Waals surface area (Å²) in [5.41, 5.74) is 0.811. The number of rotatable bonds is 3. The van der Waals surface area contributed by atoms with Gasteiger partial charge in [-0.15, -0.1) is 0 Å². The molecular formula is C10H9ClN2O. The maximum absolute atomic E-state index is 5.86. The van der Waals surface area contributed by atoms with Crippen LogP contribution in [0.25, 0.3) is 0 Å². The predicted octanol–water partition coefficient (Wildman–Crippen LogP) is 2.94. The van der Waals surface area contributed by atoms with Crippen LogP contribution >= 0.6 is 11.6 Å². The normalized spacial score (nSPS) is 10.1. The molecule has 0 saturated heterocycles. The first-order chi connectivity index (χ1) is 6.86. The lowest BCUT2D eigenvalue weighted by Crippen LogP contribution is -1.99.